The number of nitro benzene ring substituents is 1. The zero-order valence-electron chi connectivity index (χ0n) is 11.4. The second kappa shape index (κ2) is 5.76. The number of alkyl halides is 3. The van der Waals surface area contributed by atoms with Gasteiger partial charge in [-0.1, -0.05) is 6.07 Å². The summed E-state index contributed by atoms with van der Waals surface area (Å²) in [6.45, 7) is 0.353. The van der Waals surface area contributed by atoms with Gasteiger partial charge in [0.15, 0.2) is 0 Å². The van der Waals surface area contributed by atoms with Crippen LogP contribution in [0.5, 0.6) is 0 Å². The Morgan fingerprint density at radius 1 is 1.41 bits per heavy atom. The maximum atomic E-state index is 12.7. The summed E-state index contributed by atoms with van der Waals surface area (Å²) in [6, 6.07) is 3.84. The summed E-state index contributed by atoms with van der Waals surface area (Å²) in [5, 5.41) is 10.7. The van der Waals surface area contributed by atoms with Crippen molar-refractivity contribution in [2.24, 2.45) is 0 Å². The van der Waals surface area contributed by atoms with Crippen LogP contribution in [0.3, 0.4) is 0 Å². The van der Waals surface area contributed by atoms with Crippen molar-refractivity contribution in [1.29, 1.82) is 0 Å². The quantitative estimate of drug-likeness (QED) is 0.483. The first-order valence-corrected chi connectivity index (χ1v) is 6.14. The minimum Gasteiger partial charge on any atom is -0.383 e. The SMILES string of the molecule is COCCn1cc(C(=O)C(F)(F)F)c2c([N+](=O)[O-])cccc21. The molecule has 2 aromatic rings. The number of halogens is 3. The Labute approximate surface area is 122 Å². The summed E-state index contributed by atoms with van der Waals surface area (Å²) in [4.78, 5) is 21.8. The molecule has 0 spiro atoms. The molecule has 0 bridgehead atoms. The van der Waals surface area contributed by atoms with E-state index in [9.17, 15) is 28.1 Å². The summed E-state index contributed by atoms with van der Waals surface area (Å²) >= 11 is 0. The third-order valence-electron chi connectivity index (χ3n) is 3.12. The van der Waals surface area contributed by atoms with E-state index in [1.807, 2.05) is 0 Å². The molecule has 0 fully saturated rings. The Morgan fingerprint density at radius 2 is 2.09 bits per heavy atom. The monoisotopic (exact) mass is 316 g/mol. The van der Waals surface area contributed by atoms with E-state index in [4.69, 9.17) is 4.74 Å². The summed E-state index contributed by atoms with van der Waals surface area (Å²) in [5.74, 6) is -2.11. The molecule has 0 unspecified atom stereocenters. The number of rotatable bonds is 5. The predicted octanol–water partition coefficient (Wildman–Crippen LogP) is 2.94. The Hall–Kier alpha value is -2.42. The highest BCUT2D eigenvalue weighted by Crippen LogP contribution is 2.34. The largest absolute Gasteiger partial charge is 0.454 e. The maximum Gasteiger partial charge on any atom is 0.454 e. The van der Waals surface area contributed by atoms with Gasteiger partial charge in [-0.05, 0) is 6.07 Å². The highest BCUT2D eigenvalue weighted by molar-refractivity contribution is 6.13. The number of fused-ring (bicyclic) bond motifs is 1. The number of benzene rings is 1. The van der Waals surface area contributed by atoms with E-state index in [-0.39, 0.29) is 24.1 Å². The fourth-order valence-corrected chi connectivity index (χ4v) is 2.19. The number of hydrogen-bond acceptors (Lipinski definition) is 4. The molecule has 1 aromatic heterocycles. The standard InChI is InChI=1S/C13H11F3N2O4/c1-22-6-5-17-7-8(12(19)13(14,15)16)11-9(17)3-2-4-10(11)18(20)21/h2-4,7H,5-6H2,1H3. The second-order valence-electron chi connectivity index (χ2n) is 4.48. The minimum absolute atomic E-state index is 0.166. The van der Waals surface area contributed by atoms with Crippen molar-refractivity contribution in [1.82, 2.24) is 4.57 Å². The predicted molar refractivity (Wildman–Crippen MR) is 70.9 cm³/mol. The van der Waals surface area contributed by atoms with E-state index in [1.165, 1.54) is 23.8 Å². The van der Waals surface area contributed by atoms with Gasteiger partial charge in [-0.2, -0.15) is 13.2 Å². The van der Waals surface area contributed by atoms with Crippen LogP contribution in [0.25, 0.3) is 10.9 Å². The average Bonchev–Trinajstić information content (AvgIpc) is 2.81. The smallest absolute Gasteiger partial charge is 0.383 e. The van der Waals surface area contributed by atoms with E-state index >= 15 is 0 Å². The van der Waals surface area contributed by atoms with Gasteiger partial charge in [0.2, 0.25) is 0 Å². The fraction of sp³-hybridized carbons (Fsp3) is 0.308. The van der Waals surface area contributed by atoms with Crippen LogP contribution in [0.2, 0.25) is 0 Å². The molecule has 0 atom stereocenters. The molecule has 9 heteroatoms. The average molecular weight is 316 g/mol. The molecule has 0 saturated carbocycles. The highest BCUT2D eigenvalue weighted by Gasteiger charge is 2.42. The van der Waals surface area contributed by atoms with Gasteiger partial charge in [0.05, 0.1) is 28.0 Å². The van der Waals surface area contributed by atoms with E-state index < -0.39 is 28.1 Å². The summed E-state index contributed by atoms with van der Waals surface area (Å²) in [6.07, 6.45) is -4.13. The number of hydrogen-bond donors (Lipinski definition) is 0. The normalized spacial score (nSPS) is 11.8. The van der Waals surface area contributed by atoms with Crippen molar-refractivity contribution in [2.45, 2.75) is 12.7 Å². The van der Waals surface area contributed by atoms with Crippen LogP contribution < -0.4 is 0 Å². The maximum absolute atomic E-state index is 12.7. The van der Waals surface area contributed by atoms with Crippen LogP contribution in [0.15, 0.2) is 24.4 Å². The van der Waals surface area contributed by atoms with Gasteiger partial charge in [0.25, 0.3) is 11.5 Å². The molecule has 1 heterocycles. The lowest BCUT2D eigenvalue weighted by Crippen LogP contribution is -2.22. The van der Waals surface area contributed by atoms with E-state index in [1.54, 1.807) is 0 Å². The molecule has 0 radical (unpaired) electrons. The van der Waals surface area contributed by atoms with Crippen molar-refractivity contribution in [2.75, 3.05) is 13.7 Å². The molecule has 0 aliphatic rings. The molecule has 6 nitrogen and oxygen atoms in total. The number of aromatic nitrogens is 1. The highest BCUT2D eigenvalue weighted by atomic mass is 19.4. The van der Waals surface area contributed by atoms with Crippen molar-refractivity contribution in [3.8, 4) is 0 Å². The number of nitrogens with zero attached hydrogens (tertiary/aromatic N) is 2. The number of nitro groups is 1. The molecular weight excluding hydrogens is 305 g/mol. The van der Waals surface area contributed by atoms with Gasteiger partial charge in [0.1, 0.15) is 0 Å². The van der Waals surface area contributed by atoms with Gasteiger partial charge in [-0.15, -0.1) is 0 Å². The summed E-state index contributed by atoms with van der Waals surface area (Å²) in [5.41, 5.74) is -1.09. The van der Waals surface area contributed by atoms with E-state index in [0.717, 1.165) is 12.3 Å². The topological polar surface area (TPSA) is 74.4 Å². The van der Waals surface area contributed by atoms with E-state index in [0.29, 0.717) is 0 Å². The minimum atomic E-state index is -5.11. The first kappa shape index (κ1) is 16.0. The van der Waals surface area contributed by atoms with Crippen molar-refractivity contribution >= 4 is 22.4 Å². The van der Waals surface area contributed by atoms with Crippen LogP contribution in [0, 0.1) is 10.1 Å². The van der Waals surface area contributed by atoms with Gasteiger partial charge in [-0.3, -0.25) is 14.9 Å². The molecule has 0 saturated heterocycles. The van der Waals surface area contributed by atoms with Gasteiger partial charge >= 0.3 is 6.18 Å². The Balaban J connectivity index is 2.74. The van der Waals surface area contributed by atoms with Crippen molar-refractivity contribution in [3.05, 3.63) is 40.1 Å². The van der Waals surface area contributed by atoms with Crippen LogP contribution in [-0.4, -0.2) is 35.2 Å². The van der Waals surface area contributed by atoms with Crippen LogP contribution in [0.1, 0.15) is 10.4 Å². The molecule has 1 aromatic carbocycles. The number of carbonyl (C=O) groups is 1. The molecular formula is C13H11F3N2O4. The summed E-state index contributed by atoms with van der Waals surface area (Å²) < 4.78 is 44.3. The lowest BCUT2D eigenvalue weighted by Gasteiger charge is -2.03. The molecule has 0 aliphatic heterocycles. The van der Waals surface area contributed by atoms with Crippen LogP contribution in [-0.2, 0) is 11.3 Å². The molecule has 2 rings (SSSR count). The molecule has 0 amide bonds. The molecule has 0 aliphatic carbocycles. The second-order valence-corrected chi connectivity index (χ2v) is 4.48. The zero-order valence-corrected chi connectivity index (χ0v) is 11.4. The molecule has 118 valence electrons. The van der Waals surface area contributed by atoms with Gasteiger partial charge in [-0.25, -0.2) is 0 Å². The van der Waals surface area contributed by atoms with Gasteiger partial charge < -0.3 is 9.30 Å². The number of non-ortho nitro benzene ring substituents is 1. The Kier molecular flexibility index (Phi) is 4.18. The van der Waals surface area contributed by atoms with Crippen LogP contribution >= 0.6 is 0 Å². The van der Waals surface area contributed by atoms with E-state index in [2.05, 4.69) is 0 Å². The first-order valence-electron chi connectivity index (χ1n) is 6.14. The number of ether oxygens (including phenoxy) is 1. The van der Waals surface area contributed by atoms with Crippen molar-refractivity contribution in [3.63, 3.8) is 0 Å². The van der Waals surface area contributed by atoms with Crippen molar-refractivity contribution < 1.29 is 27.6 Å². The number of carbonyl (C=O) groups excluding carboxylic acids is 1. The van der Waals surface area contributed by atoms with Gasteiger partial charge in [0, 0.05) is 25.9 Å². The number of ketones is 1. The lowest BCUT2D eigenvalue weighted by molar-refractivity contribution is -0.383. The lowest BCUT2D eigenvalue weighted by atomic mass is 10.1. The zero-order chi connectivity index (χ0) is 16.5. The Morgan fingerprint density at radius 3 is 2.64 bits per heavy atom. The molecule has 22 heavy (non-hydrogen) atoms. The fourth-order valence-electron chi connectivity index (χ4n) is 2.19. The molecule has 0 N–H and O–H groups in total. The number of methoxy groups -OCH3 is 1. The third-order valence-corrected chi connectivity index (χ3v) is 3.12. The number of Topliss-reactive ketones (excluding diaryl/α,β-unsaturated/α-hetero) is 1. The first-order chi connectivity index (χ1) is 10.3. The third kappa shape index (κ3) is 2.80. The van der Waals surface area contributed by atoms with Crippen LogP contribution in [0.4, 0.5) is 18.9 Å². The Bertz CT molecular complexity index is 737. The summed E-state index contributed by atoms with van der Waals surface area (Å²) in [7, 11) is 1.41.